The Kier molecular flexibility index (Phi) is 2.82. The van der Waals surface area contributed by atoms with E-state index in [0.29, 0.717) is 10.9 Å². The third kappa shape index (κ3) is 2.13. The van der Waals surface area contributed by atoms with E-state index in [9.17, 15) is 14.7 Å². The van der Waals surface area contributed by atoms with Gasteiger partial charge in [0.05, 0.1) is 11.1 Å². The largest absolute Gasteiger partial charge is 0.507 e. The van der Waals surface area contributed by atoms with E-state index in [2.05, 4.69) is 4.98 Å². The van der Waals surface area contributed by atoms with Gasteiger partial charge >= 0.3 is 5.97 Å². The topological polar surface area (TPSA) is 90.4 Å². The first kappa shape index (κ1) is 11.2. The molecule has 0 atom stereocenters. The van der Waals surface area contributed by atoms with Crippen LogP contribution in [0.5, 0.6) is 5.75 Å². The van der Waals surface area contributed by atoms with Crippen molar-refractivity contribution in [3.8, 4) is 5.75 Å². The smallest absolute Gasteiger partial charge is 0.303 e. The van der Waals surface area contributed by atoms with Crippen LogP contribution in [-0.2, 0) is 11.2 Å². The van der Waals surface area contributed by atoms with Crippen LogP contribution < -0.4 is 5.56 Å². The molecule has 0 unspecified atom stereocenters. The lowest BCUT2D eigenvalue weighted by atomic mass is 10.1. The molecule has 1 aromatic heterocycles. The monoisotopic (exact) mass is 233 g/mol. The Morgan fingerprint density at radius 3 is 2.71 bits per heavy atom. The number of carboxylic acids is 1. The van der Waals surface area contributed by atoms with E-state index < -0.39 is 11.5 Å². The van der Waals surface area contributed by atoms with Gasteiger partial charge in [-0.3, -0.25) is 9.59 Å². The van der Waals surface area contributed by atoms with Crippen LogP contribution in [0.1, 0.15) is 12.0 Å². The molecule has 0 spiro atoms. The number of hydrogen-bond donors (Lipinski definition) is 3. The third-order valence-corrected chi connectivity index (χ3v) is 2.58. The van der Waals surface area contributed by atoms with E-state index in [1.165, 1.54) is 0 Å². The van der Waals surface area contributed by atoms with Crippen molar-refractivity contribution in [1.82, 2.24) is 4.98 Å². The van der Waals surface area contributed by atoms with E-state index >= 15 is 0 Å². The Hall–Kier alpha value is -2.30. The number of H-pyrrole nitrogens is 1. The Bertz CT molecular complexity index is 630. The molecule has 2 rings (SSSR count). The van der Waals surface area contributed by atoms with Crippen LogP contribution in [0.2, 0.25) is 0 Å². The number of pyridine rings is 1. The summed E-state index contributed by atoms with van der Waals surface area (Å²) in [6, 6.07) is 6.83. The Labute approximate surface area is 96.3 Å². The second kappa shape index (κ2) is 4.29. The summed E-state index contributed by atoms with van der Waals surface area (Å²) in [5, 5.41) is 19.0. The molecule has 1 heterocycles. The van der Waals surface area contributed by atoms with Crippen LogP contribution in [0.4, 0.5) is 0 Å². The standard InChI is InChI=1S/C12H11NO4/c14-10(15)6-5-8-11(16)7-3-1-2-4-9(7)13-12(8)17/h1-4H,5-6H2,(H,14,15)(H2,13,16,17). The molecule has 0 aliphatic heterocycles. The van der Waals surface area contributed by atoms with Crippen molar-refractivity contribution in [2.75, 3.05) is 0 Å². The molecule has 88 valence electrons. The Balaban J connectivity index is 2.56. The van der Waals surface area contributed by atoms with Crippen molar-refractivity contribution in [2.24, 2.45) is 0 Å². The van der Waals surface area contributed by atoms with Crippen LogP contribution in [0.25, 0.3) is 10.9 Å². The molecule has 0 amide bonds. The predicted octanol–water partition coefficient (Wildman–Crippen LogP) is 1.25. The van der Waals surface area contributed by atoms with Crippen LogP contribution in [0.15, 0.2) is 29.1 Å². The molecule has 1 aromatic carbocycles. The quantitative estimate of drug-likeness (QED) is 0.744. The molecule has 17 heavy (non-hydrogen) atoms. The van der Waals surface area contributed by atoms with E-state index in [-0.39, 0.29) is 24.2 Å². The maximum Gasteiger partial charge on any atom is 0.303 e. The average Bonchev–Trinajstić information content (AvgIpc) is 2.28. The first-order chi connectivity index (χ1) is 8.09. The number of aromatic hydroxyl groups is 1. The molecular formula is C12H11NO4. The number of aromatic amines is 1. The van der Waals surface area contributed by atoms with Crippen molar-refractivity contribution >= 4 is 16.9 Å². The molecule has 5 heteroatoms. The molecule has 0 aliphatic carbocycles. The summed E-state index contributed by atoms with van der Waals surface area (Å²) in [6.07, 6.45) is -0.170. The zero-order valence-electron chi connectivity index (χ0n) is 8.93. The Morgan fingerprint density at radius 2 is 2.00 bits per heavy atom. The van der Waals surface area contributed by atoms with Gasteiger partial charge in [-0.1, -0.05) is 12.1 Å². The zero-order chi connectivity index (χ0) is 12.4. The highest BCUT2D eigenvalue weighted by atomic mass is 16.4. The number of benzene rings is 1. The lowest BCUT2D eigenvalue weighted by Gasteiger charge is -2.05. The Morgan fingerprint density at radius 1 is 1.29 bits per heavy atom. The van der Waals surface area contributed by atoms with Gasteiger partial charge in [-0.25, -0.2) is 0 Å². The SMILES string of the molecule is O=C(O)CCc1c(O)c2ccccc2[nH]c1=O. The number of hydrogen-bond acceptors (Lipinski definition) is 3. The summed E-state index contributed by atoms with van der Waals surface area (Å²) in [7, 11) is 0. The van der Waals surface area contributed by atoms with Gasteiger partial charge in [0.25, 0.3) is 5.56 Å². The number of carboxylic acid groups (broad SMARTS) is 1. The van der Waals surface area contributed by atoms with Crippen molar-refractivity contribution in [1.29, 1.82) is 0 Å². The van der Waals surface area contributed by atoms with Crippen molar-refractivity contribution in [2.45, 2.75) is 12.8 Å². The van der Waals surface area contributed by atoms with Crippen molar-refractivity contribution in [3.05, 3.63) is 40.2 Å². The second-order valence-electron chi connectivity index (χ2n) is 3.72. The molecule has 3 N–H and O–H groups in total. The highest BCUT2D eigenvalue weighted by Crippen LogP contribution is 2.24. The van der Waals surface area contributed by atoms with Crippen LogP contribution >= 0.6 is 0 Å². The van der Waals surface area contributed by atoms with Gasteiger partial charge in [0.2, 0.25) is 0 Å². The van der Waals surface area contributed by atoms with E-state index in [1.807, 2.05) is 0 Å². The molecule has 0 radical (unpaired) electrons. The summed E-state index contributed by atoms with van der Waals surface area (Å²) < 4.78 is 0. The maximum absolute atomic E-state index is 11.7. The molecule has 0 aliphatic rings. The fraction of sp³-hybridized carbons (Fsp3) is 0.167. The molecule has 0 bridgehead atoms. The van der Waals surface area contributed by atoms with E-state index in [4.69, 9.17) is 5.11 Å². The third-order valence-electron chi connectivity index (χ3n) is 2.58. The fourth-order valence-corrected chi connectivity index (χ4v) is 1.73. The van der Waals surface area contributed by atoms with Gasteiger partial charge in [-0.2, -0.15) is 0 Å². The molecule has 0 fully saturated rings. The summed E-state index contributed by atoms with van der Waals surface area (Å²) in [5.41, 5.74) is 0.211. The minimum Gasteiger partial charge on any atom is -0.507 e. The van der Waals surface area contributed by atoms with Crippen LogP contribution in [-0.4, -0.2) is 21.2 Å². The van der Waals surface area contributed by atoms with E-state index in [0.717, 1.165) is 0 Å². The van der Waals surface area contributed by atoms with Crippen LogP contribution in [0, 0.1) is 0 Å². The van der Waals surface area contributed by atoms with Crippen molar-refractivity contribution < 1.29 is 15.0 Å². The number of aromatic nitrogens is 1. The lowest BCUT2D eigenvalue weighted by Crippen LogP contribution is -2.14. The molecule has 0 saturated heterocycles. The van der Waals surface area contributed by atoms with Gasteiger partial charge in [0.1, 0.15) is 5.75 Å². The van der Waals surface area contributed by atoms with Gasteiger partial charge in [-0.15, -0.1) is 0 Å². The molecule has 5 nitrogen and oxygen atoms in total. The van der Waals surface area contributed by atoms with Gasteiger partial charge in [0, 0.05) is 11.8 Å². The van der Waals surface area contributed by atoms with Gasteiger partial charge in [-0.05, 0) is 18.6 Å². The first-order valence-electron chi connectivity index (χ1n) is 5.14. The summed E-state index contributed by atoms with van der Waals surface area (Å²) in [5.74, 6) is -1.14. The molecular weight excluding hydrogens is 222 g/mol. The number of para-hydroxylation sites is 1. The summed E-state index contributed by atoms with van der Waals surface area (Å²) in [6.45, 7) is 0. The summed E-state index contributed by atoms with van der Waals surface area (Å²) >= 11 is 0. The lowest BCUT2D eigenvalue weighted by molar-refractivity contribution is -0.136. The molecule has 0 saturated carbocycles. The van der Waals surface area contributed by atoms with Crippen LogP contribution in [0.3, 0.4) is 0 Å². The second-order valence-corrected chi connectivity index (χ2v) is 3.72. The number of aliphatic carboxylic acids is 1. The fourth-order valence-electron chi connectivity index (χ4n) is 1.73. The number of nitrogens with one attached hydrogen (secondary N) is 1. The number of carbonyl (C=O) groups is 1. The zero-order valence-corrected chi connectivity index (χ0v) is 8.93. The maximum atomic E-state index is 11.7. The average molecular weight is 233 g/mol. The highest BCUT2D eigenvalue weighted by molar-refractivity contribution is 5.85. The normalized spacial score (nSPS) is 10.6. The van der Waals surface area contributed by atoms with Crippen molar-refractivity contribution in [3.63, 3.8) is 0 Å². The number of rotatable bonds is 3. The highest BCUT2D eigenvalue weighted by Gasteiger charge is 2.12. The van der Waals surface area contributed by atoms with Gasteiger partial charge < -0.3 is 15.2 Å². The predicted molar refractivity (Wildman–Crippen MR) is 62.2 cm³/mol. The first-order valence-corrected chi connectivity index (χ1v) is 5.14. The summed E-state index contributed by atoms with van der Waals surface area (Å²) in [4.78, 5) is 24.7. The number of fused-ring (bicyclic) bond motifs is 1. The van der Waals surface area contributed by atoms with Gasteiger partial charge in [0.15, 0.2) is 0 Å². The minimum absolute atomic E-state index is 0.0152. The van der Waals surface area contributed by atoms with E-state index in [1.54, 1.807) is 24.3 Å². The molecule has 2 aromatic rings. The minimum atomic E-state index is -1.00.